The predicted molar refractivity (Wildman–Crippen MR) is 63.4 cm³/mol. The summed E-state index contributed by atoms with van der Waals surface area (Å²) >= 11 is 1.61. The summed E-state index contributed by atoms with van der Waals surface area (Å²) in [5.41, 5.74) is 0. The molecule has 2 N–H and O–H groups in total. The highest BCUT2D eigenvalue weighted by Crippen LogP contribution is 2.17. The number of carbonyl (C=O) groups excluding carboxylic acids is 1. The van der Waals surface area contributed by atoms with Crippen LogP contribution in [0.5, 0.6) is 0 Å². The van der Waals surface area contributed by atoms with Gasteiger partial charge in [0.1, 0.15) is 0 Å². The zero-order valence-electron chi connectivity index (χ0n) is 9.36. The van der Waals surface area contributed by atoms with Crippen molar-refractivity contribution in [1.29, 1.82) is 0 Å². The molecule has 5 heteroatoms. The van der Waals surface area contributed by atoms with Crippen LogP contribution in [0.25, 0.3) is 0 Å². The Morgan fingerprint density at radius 1 is 1.50 bits per heavy atom. The van der Waals surface area contributed by atoms with Crippen molar-refractivity contribution in [3.05, 3.63) is 21.9 Å². The van der Waals surface area contributed by atoms with Gasteiger partial charge >= 0.3 is 5.97 Å². The molecule has 90 valence electrons. The first-order valence-corrected chi connectivity index (χ1v) is 6.04. The van der Waals surface area contributed by atoms with Gasteiger partial charge in [-0.25, -0.2) is 0 Å². The molecule has 0 amide bonds. The second kappa shape index (κ2) is 7.38. The second-order valence-electron chi connectivity index (χ2n) is 3.37. The molecule has 0 bridgehead atoms. The van der Waals surface area contributed by atoms with Gasteiger partial charge in [-0.2, -0.15) is 0 Å². The number of nitrogens with one attached hydrogen (secondary N) is 1. The third kappa shape index (κ3) is 4.74. The van der Waals surface area contributed by atoms with Gasteiger partial charge in [0.25, 0.3) is 0 Å². The van der Waals surface area contributed by atoms with Gasteiger partial charge in [0.2, 0.25) is 0 Å². The van der Waals surface area contributed by atoms with E-state index in [-0.39, 0.29) is 12.6 Å². The predicted octanol–water partition coefficient (Wildman–Crippen LogP) is 0.936. The molecular formula is C11H17NO3S. The zero-order chi connectivity index (χ0) is 11.8. The van der Waals surface area contributed by atoms with Crippen molar-refractivity contribution in [3.8, 4) is 0 Å². The molecule has 0 saturated heterocycles. The molecule has 0 saturated carbocycles. The van der Waals surface area contributed by atoms with Crippen molar-refractivity contribution in [2.24, 2.45) is 0 Å². The number of carbonyl (C=O) groups is 1. The first-order chi connectivity index (χ1) is 7.76. The largest absolute Gasteiger partial charge is 0.469 e. The van der Waals surface area contributed by atoms with Gasteiger partial charge in [-0.05, 0) is 25.1 Å². The van der Waals surface area contributed by atoms with Crippen molar-refractivity contribution >= 4 is 17.3 Å². The molecule has 0 fully saturated rings. The Bertz CT molecular complexity index is 325. The van der Waals surface area contributed by atoms with E-state index in [4.69, 9.17) is 5.11 Å². The summed E-state index contributed by atoms with van der Waals surface area (Å²) in [5, 5.41) is 11.8. The van der Waals surface area contributed by atoms with E-state index in [0.717, 1.165) is 24.4 Å². The average molecular weight is 243 g/mol. The SMILES string of the molecule is COC(=O)Cc1ccc(CNCCCO)s1. The molecule has 1 heterocycles. The molecule has 4 nitrogen and oxygen atoms in total. The fraction of sp³-hybridized carbons (Fsp3) is 0.545. The van der Waals surface area contributed by atoms with Crippen molar-refractivity contribution in [3.63, 3.8) is 0 Å². The Balaban J connectivity index is 2.30. The molecule has 1 aromatic heterocycles. The quantitative estimate of drug-likeness (QED) is 0.552. The molecule has 1 rings (SSSR count). The third-order valence-corrected chi connectivity index (χ3v) is 3.16. The third-order valence-electron chi connectivity index (χ3n) is 2.07. The van der Waals surface area contributed by atoms with Crippen LogP contribution in [0.4, 0.5) is 0 Å². The van der Waals surface area contributed by atoms with Gasteiger partial charge in [0.15, 0.2) is 0 Å². The van der Waals surface area contributed by atoms with Gasteiger partial charge < -0.3 is 15.2 Å². The number of rotatable bonds is 7. The summed E-state index contributed by atoms with van der Waals surface area (Å²) in [5.74, 6) is -0.207. The standard InChI is InChI=1S/C11H17NO3S/c1-15-11(14)7-9-3-4-10(16-9)8-12-5-2-6-13/h3-4,12-13H,2,5-8H2,1H3. The summed E-state index contributed by atoms with van der Waals surface area (Å²) in [6.07, 6.45) is 1.11. The number of esters is 1. The molecule has 0 spiro atoms. The Labute approximate surface area is 99.2 Å². The lowest BCUT2D eigenvalue weighted by atomic mass is 10.3. The molecule has 0 aliphatic rings. The Morgan fingerprint density at radius 3 is 2.94 bits per heavy atom. The van der Waals surface area contributed by atoms with Crippen LogP contribution in [0.3, 0.4) is 0 Å². The normalized spacial score (nSPS) is 10.4. The van der Waals surface area contributed by atoms with Crippen LogP contribution in [0.15, 0.2) is 12.1 Å². The van der Waals surface area contributed by atoms with E-state index in [1.165, 1.54) is 12.0 Å². The van der Waals surface area contributed by atoms with Gasteiger partial charge in [-0.1, -0.05) is 0 Å². The molecule has 0 aromatic carbocycles. The summed E-state index contributed by atoms with van der Waals surface area (Å²) in [7, 11) is 1.40. The molecule has 0 aliphatic carbocycles. The van der Waals surface area contributed by atoms with Crippen LogP contribution in [0.1, 0.15) is 16.2 Å². The molecule has 0 unspecified atom stereocenters. The minimum atomic E-state index is -0.207. The number of methoxy groups -OCH3 is 1. The monoisotopic (exact) mass is 243 g/mol. The van der Waals surface area contributed by atoms with E-state index >= 15 is 0 Å². The Morgan fingerprint density at radius 2 is 2.25 bits per heavy atom. The Hall–Kier alpha value is -0.910. The van der Waals surface area contributed by atoms with Crippen molar-refractivity contribution in [2.75, 3.05) is 20.3 Å². The number of aliphatic hydroxyl groups is 1. The van der Waals surface area contributed by atoms with E-state index in [1.807, 2.05) is 12.1 Å². The zero-order valence-corrected chi connectivity index (χ0v) is 10.2. The maximum absolute atomic E-state index is 11.0. The summed E-state index contributed by atoms with van der Waals surface area (Å²) in [4.78, 5) is 13.2. The van der Waals surface area contributed by atoms with Crippen LogP contribution < -0.4 is 5.32 Å². The summed E-state index contributed by atoms with van der Waals surface area (Å²) < 4.78 is 4.60. The first-order valence-electron chi connectivity index (χ1n) is 5.22. The molecular weight excluding hydrogens is 226 g/mol. The smallest absolute Gasteiger partial charge is 0.310 e. The number of hydrogen-bond donors (Lipinski definition) is 2. The topological polar surface area (TPSA) is 58.6 Å². The van der Waals surface area contributed by atoms with Crippen LogP contribution >= 0.6 is 11.3 Å². The lowest BCUT2D eigenvalue weighted by Crippen LogP contribution is -2.14. The second-order valence-corrected chi connectivity index (χ2v) is 4.63. The van der Waals surface area contributed by atoms with Crippen LogP contribution in [0, 0.1) is 0 Å². The number of aliphatic hydroxyl groups excluding tert-OH is 1. The maximum atomic E-state index is 11.0. The van der Waals surface area contributed by atoms with Crippen LogP contribution in [-0.4, -0.2) is 31.3 Å². The molecule has 0 atom stereocenters. The van der Waals surface area contributed by atoms with Gasteiger partial charge in [-0.3, -0.25) is 4.79 Å². The maximum Gasteiger partial charge on any atom is 0.310 e. The summed E-state index contributed by atoms with van der Waals surface area (Å²) in [6, 6.07) is 3.96. The minimum absolute atomic E-state index is 0.207. The Kier molecular flexibility index (Phi) is 6.07. The highest BCUT2D eigenvalue weighted by atomic mass is 32.1. The van der Waals surface area contributed by atoms with Crippen molar-refractivity contribution in [2.45, 2.75) is 19.4 Å². The van der Waals surface area contributed by atoms with E-state index in [9.17, 15) is 4.79 Å². The van der Waals surface area contributed by atoms with Crippen LogP contribution in [-0.2, 0) is 22.5 Å². The van der Waals surface area contributed by atoms with Crippen molar-refractivity contribution in [1.82, 2.24) is 5.32 Å². The van der Waals surface area contributed by atoms with Gasteiger partial charge in [0.05, 0.1) is 13.5 Å². The fourth-order valence-corrected chi connectivity index (χ4v) is 2.22. The molecule has 16 heavy (non-hydrogen) atoms. The average Bonchev–Trinajstić information content (AvgIpc) is 2.72. The number of hydrogen-bond acceptors (Lipinski definition) is 5. The van der Waals surface area contributed by atoms with E-state index in [2.05, 4.69) is 10.1 Å². The lowest BCUT2D eigenvalue weighted by Gasteiger charge is -2.00. The number of ether oxygens (including phenoxy) is 1. The fourth-order valence-electron chi connectivity index (χ4n) is 1.24. The van der Waals surface area contributed by atoms with Gasteiger partial charge in [0, 0.05) is 22.9 Å². The highest BCUT2D eigenvalue weighted by molar-refractivity contribution is 7.12. The molecule has 0 radical (unpaired) electrons. The molecule has 1 aromatic rings. The van der Waals surface area contributed by atoms with Gasteiger partial charge in [-0.15, -0.1) is 11.3 Å². The van der Waals surface area contributed by atoms with E-state index < -0.39 is 0 Å². The van der Waals surface area contributed by atoms with E-state index in [0.29, 0.717) is 6.42 Å². The first kappa shape index (κ1) is 13.2. The lowest BCUT2D eigenvalue weighted by molar-refractivity contribution is -0.139. The summed E-state index contributed by atoms with van der Waals surface area (Å²) in [6.45, 7) is 1.80. The van der Waals surface area contributed by atoms with E-state index in [1.54, 1.807) is 11.3 Å². The minimum Gasteiger partial charge on any atom is -0.469 e. The molecule has 0 aliphatic heterocycles. The van der Waals surface area contributed by atoms with Crippen molar-refractivity contribution < 1.29 is 14.6 Å². The van der Waals surface area contributed by atoms with Crippen LogP contribution in [0.2, 0.25) is 0 Å². The number of thiophene rings is 1. The highest BCUT2D eigenvalue weighted by Gasteiger charge is 2.05.